The summed E-state index contributed by atoms with van der Waals surface area (Å²) < 4.78 is 0. The molecule has 0 aromatic heterocycles. The number of hydrogen-bond acceptors (Lipinski definition) is 0. The molecule has 0 heteroatoms. The van der Waals surface area contributed by atoms with Crippen LogP contribution in [0.25, 0.3) is 0 Å². The molecule has 0 saturated heterocycles. The van der Waals surface area contributed by atoms with Gasteiger partial charge in [0.1, 0.15) is 0 Å². The van der Waals surface area contributed by atoms with Crippen LogP contribution < -0.4 is 0 Å². The number of hydrogen-bond donors (Lipinski definition) is 0. The van der Waals surface area contributed by atoms with Gasteiger partial charge in [-0.05, 0) is 65.4 Å². The van der Waals surface area contributed by atoms with Crippen LogP contribution in [0.1, 0.15) is 59.8 Å². The fraction of sp³-hybridized carbons (Fsp3) is 0.556. The Morgan fingerprint density at radius 3 is 2.67 bits per heavy atom. The topological polar surface area (TPSA) is 0 Å². The maximum absolute atomic E-state index is 2.45. The summed E-state index contributed by atoms with van der Waals surface area (Å²) in [4.78, 5) is 0. The van der Waals surface area contributed by atoms with Gasteiger partial charge >= 0.3 is 0 Å². The van der Waals surface area contributed by atoms with E-state index in [1.165, 1.54) is 37.7 Å². The molecule has 0 aromatic rings. The van der Waals surface area contributed by atoms with Gasteiger partial charge in [-0.15, -0.1) is 0 Å². The molecule has 0 N–H and O–H groups in total. The third kappa shape index (κ3) is 3.73. The van der Waals surface area contributed by atoms with Gasteiger partial charge in [0.2, 0.25) is 0 Å². The van der Waals surface area contributed by atoms with Crippen LogP contribution in [0, 0.1) is 5.41 Å². The van der Waals surface area contributed by atoms with Gasteiger partial charge in [0.05, 0.1) is 0 Å². The van der Waals surface area contributed by atoms with Crippen molar-refractivity contribution in [3.8, 4) is 0 Å². The fourth-order valence-corrected chi connectivity index (χ4v) is 2.95. The van der Waals surface area contributed by atoms with Gasteiger partial charge in [-0.3, -0.25) is 0 Å². The Morgan fingerprint density at radius 1 is 1.28 bits per heavy atom. The van der Waals surface area contributed by atoms with Crippen molar-refractivity contribution in [3.05, 3.63) is 47.6 Å². The van der Waals surface area contributed by atoms with Crippen LogP contribution in [0.15, 0.2) is 47.6 Å². The lowest BCUT2D eigenvalue weighted by atomic mass is 9.66. The number of rotatable bonds is 5. The normalized spacial score (nSPS) is 26.0. The van der Waals surface area contributed by atoms with Gasteiger partial charge in [-0.25, -0.2) is 0 Å². The minimum atomic E-state index is 0.341. The second-order valence-electron chi connectivity index (χ2n) is 5.42. The fourth-order valence-electron chi connectivity index (χ4n) is 2.95. The molecular formula is C18H28. The van der Waals surface area contributed by atoms with E-state index in [4.69, 9.17) is 0 Å². The van der Waals surface area contributed by atoms with Gasteiger partial charge < -0.3 is 0 Å². The third-order valence-electron chi connectivity index (χ3n) is 4.04. The molecule has 0 heterocycles. The molecule has 1 rings (SSSR count). The minimum absolute atomic E-state index is 0.341. The van der Waals surface area contributed by atoms with Gasteiger partial charge in [-0.2, -0.15) is 0 Å². The molecule has 1 aliphatic rings. The highest BCUT2D eigenvalue weighted by Gasteiger charge is 2.33. The van der Waals surface area contributed by atoms with Gasteiger partial charge in [0, 0.05) is 5.41 Å². The van der Waals surface area contributed by atoms with E-state index < -0.39 is 0 Å². The second-order valence-corrected chi connectivity index (χ2v) is 5.42. The zero-order chi connectivity index (χ0) is 13.4. The highest BCUT2D eigenvalue weighted by atomic mass is 14.4. The van der Waals surface area contributed by atoms with Crippen LogP contribution in [0.5, 0.6) is 0 Å². The quantitative estimate of drug-likeness (QED) is 0.522. The van der Waals surface area contributed by atoms with Crippen LogP contribution in [0.2, 0.25) is 0 Å². The Labute approximate surface area is 113 Å². The maximum atomic E-state index is 2.45. The minimum Gasteiger partial charge on any atom is -0.0916 e. The Kier molecular flexibility index (Phi) is 6.18. The summed E-state index contributed by atoms with van der Waals surface area (Å²) in [6.45, 7) is 8.66. The second kappa shape index (κ2) is 7.41. The molecule has 0 aliphatic heterocycles. The SMILES string of the molecule is CC=CCC1(CC(C)=CC)CCCC=C1C=CC. The molecule has 18 heavy (non-hydrogen) atoms. The van der Waals surface area contributed by atoms with Gasteiger partial charge in [-0.1, -0.05) is 42.0 Å². The average Bonchev–Trinajstić information content (AvgIpc) is 2.39. The van der Waals surface area contributed by atoms with Crippen molar-refractivity contribution in [2.45, 2.75) is 59.8 Å². The Balaban J connectivity index is 3.07. The zero-order valence-electron chi connectivity index (χ0n) is 12.5. The van der Waals surface area contributed by atoms with Crippen molar-refractivity contribution in [2.24, 2.45) is 5.41 Å². The molecule has 0 fully saturated rings. The van der Waals surface area contributed by atoms with E-state index in [1.54, 1.807) is 5.57 Å². The molecule has 1 unspecified atom stereocenters. The van der Waals surface area contributed by atoms with E-state index in [0.717, 1.165) is 0 Å². The molecule has 0 nitrogen and oxygen atoms in total. The highest BCUT2D eigenvalue weighted by Crippen LogP contribution is 2.46. The lowest BCUT2D eigenvalue weighted by Gasteiger charge is -2.38. The van der Waals surface area contributed by atoms with E-state index in [2.05, 4.69) is 64.2 Å². The molecule has 0 saturated carbocycles. The largest absolute Gasteiger partial charge is 0.0916 e. The van der Waals surface area contributed by atoms with E-state index in [-0.39, 0.29) is 0 Å². The van der Waals surface area contributed by atoms with Crippen molar-refractivity contribution in [2.75, 3.05) is 0 Å². The van der Waals surface area contributed by atoms with Crippen LogP contribution >= 0.6 is 0 Å². The summed E-state index contributed by atoms with van der Waals surface area (Å²) in [6, 6.07) is 0. The van der Waals surface area contributed by atoms with Crippen LogP contribution in [-0.4, -0.2) is 0 Å². The first kappa shape index (κ1) is 15.0. The van der Waals surface area contributed by atoms with Crippen molar-refractivity contribution in [1.82, 2.24) is 0 Å². The standard InChI is InChI=1S/C18H28/c1-5-8-13-18(15-16(4)7-3)14-10-9-12-17(18)11-6-2/h5-8,11-12H,9-10,13-15H2,1-4H3. The molecular weight excluding hydrogens is 216 g/mol. The average molecular weight is 244 g/mol. The summed E-state index contributed by atoms with van der Waals surface area (Å²) in [5.74, 6) is 0. The van der Waals surface area contributed by atoms with Crippen LogP contribution in [0.4, 0.5) is 0 Å². The molecule has 1 aliphatic carbocycles. The van der Waals surface area contributed by atoms with Crippen molar-refractivity contribution >= 4 is 0 Å². The lowest BCUT2D eigenvalue weighted by molar-refractivity contribution is 0.310. The lowest BCUT2D eigenvalue weighted by Crippen LogP contribution is -2.25. The summed E-state index contributed by atoms with van der Waals surface area (Å²) >= 11 is 0. The maximum Gasteiger partial charge on any atom is 0.00213 e. The van der Waals surface area contributed by atoms with Crippen LogP contribution in [0.3, 0.4) is 0 Å². The summed E-state index contributed by atoms with van der Waals surface area (Å²) in [7, 11) is 0. The van der Waals surface area contributed by atoms with E-state index in [9.17, 15) is 0 Å². The molecule has 0 spiro atoms. The monoisotopic (exact) mass is 244 g/mol. The Bertz CT molecular complexity index is 365. The summed E-state index contributed by atoms with van der Waals surface area (Å²) in [5, 5.41) is 0. The Morgan fingerprint density at radius 2 is 2.06 bits per heavy atom. The first-order chi connectivity index (χ1) is 8.68. The van der Waals surface area contributed by atoms with Crippen molar-refractivity contribution < 1.29 is 0 Å². The first-order valence-electron chi connectivity index (χ1n) is 7.25. The van der Waals surface area contributed by atoms with Crippen molar-refractivity contribution in [1.29, 1.82) is 0 Å². The van der Waals surface area contributed by atoms with Crippen LogP contribution in [-0.2, 0) is 0 Å². The smallest absolute Gasteiger partial charge is 0.00213 e. The molecule has 0 radical (unpaired) electrons. The zero-order valence-corrected chi connectivity index (χ0v) is 12.5. The third-order valence-corrected chi connectivity index (χ3v) is 4.04. The van der Waals surface area contributed by atoms with E-state index >= 15 is 0 Å². The van der Waals surface area contributed by atoms with Gasteiger partial charge in [0.25, 0.3) is 0 Å². The predicted molar refractivity (Wildman–Crippen MR) is 82.7 cm³/mol. The summed E-state index contributed by atoms with van der Waals surface area (Å²) in [5.41, 5.74) is 3.40. The molecule has 100 valence electrons. The molecule has 1 atom stereocenters. The molecule has 0 aromatic carbocycles. The van der Waals surface area contributed by atoms with E-state index in [0.29, 0.717) is 5.41 Å². The summed E-state index contributed by atoms with van der Waals surface area (Å²) in [6.07, 6.45) is 20.0. The predicted octanol–water partition coefficient (Wildman–Crippen LogP) is 5.98. The van der Waals surface area contributed by atoms with Gasteiger partial charge in [0.15, 0.2) is 0 Å². The highest BCUT2D eigenvalue weighted by molar-refractivity contribution is 5.31. The number of allylic oxidation sites excluding steroid dienone is 8. The Hall–Kier alpha value is -1.04. The molecule has 0 bridgehead atoms. The van der Waals surface area contributed by atoms with Crippen molar-refractivity contribution in [3.63, 3.8) is 0 Å². The van der Waals surface area contributed by atoms with E-state index in [1.807, 2.05) is 0 Å². The first-order valence-corrected chi connectivity index (χ1v) is 7.25. The molecule has 0 amide bonds.